The third kappa shape index (κ3) is 3.19. The number of carbonyl (C=O) groups excluding carboxylic acids is 2. The minimum Gasteiger partial charge on any atom is -0.504 e. The standard InChI is InChI=1S/C20H23NO6/c1-21(2)10-9-20(11-15(22)26-4)13-7-5-12-6-8-14(25-3)18(23)16(12)17(13)19(24)27-20/h5-8,23H,9-11H2,1-4H3/t20-/m1/s1. The molecule has 1 aliphatic heterocycles. The van der Waals surface area contributed by atoms with Crippen molar-refractivity contribution in [2.75, 3.05) is 34.9 Å². The third-order valence-electron chi connectivity index (χ3n) is 4.95. The molecule has 27 heavy (non-hydrogen) atoms. The van der Waals surface area contributed by atoms with E-state index < -0.39 is 17.5 Å². The van der Waals surface area contributed by atoms with Crippen molar-refractivity contribution in [1.82, 2.24) is 4.90 Å². The quantitative estimate of drug-likeness (QED) is 0.779. The zero-order valence-corrected chi connectivity index (χ0v) is 15.9. The Morgan fingerprint density at radius 1 is 1.22 bits per heavy atom. The number of phenolic OH excluding ortho intramolecular Hbond substituents is 1. The molecule has 1 atom stereocenters. The summed E-state index contributed by atoms with van der Waals surface area (Å²) in [5, 5.41) is 11.7. The maximum absolute atomic E-state index is 12.8. The predicted octanol–water partition coefficient (Wildman–Crippen LogP) is 2.43. The van der Waals surface area contributed by atoms with Gasteiger partial charge in [-0.3, -0.25) is 4.79 Å². The maximum Gasteiger partial charge on any atom is 0.340 e. The molecule has 0 spiro atoms. The summed E-state index contributed by atoms with van der Waals surface area (Å²) in [4.78, 5) is 26.8. The zero-order valence-electron chi connectivity index (χ0n) is 15.9. The van der Waals surface area contributed by atoms with E-state index in [1.54, 1.807) is 24.3 Å². The van der Waals surface area contributed by atoms with Crippen LogP contribution in [0, 0.1) is 0 Å². The molecule has 7 nitrogen and oxygen atoms in total. The number of esters is 2. The Hall–Kier alpha value is -2.80. The van der Waals surface area contributed by atoms with E-state index in [2.05, 4.69) is 0 Å². The lowest BCUT2D eigenvalue weighted by Gasteiger charge is -2.29. The van der Waals surface area contributed by atoms with E-state index in [-0.39, 0.29) is 23.5 Å². The lowest BCUT2D eigenvalue weighted by atomic mass is 9.84. The lowest BCUT2D eigenvalue weighted by molar-refractivity contribution is -0.146. The first-order valence-corrected chi connectivity index (χ1v) is 8.61. The minimum atomic E-state index is -1.13. The molecule has 144 valence electrons. The molecule has 3 rings (SSSR count). The van der Waals surface area contributed by atoms with Crippen molar-refractivity contribution in [1.29, 1.82) is 0 Å². The van der Waals surface area contributed by atoms with Gasteiger partial charge in [0.05, 0.1) is 26.2 Å². The Labute approximate surface area is 157 Å². The molecule has 0 aliphatic carbocycles. The van der Waals surface area contributed by atoms with Crippen LogP contribution in [0.2, 0.25) is 0 Å². The highest BCUT2D eigenvalue weighted by atomic mass is 16.6. The van der Waals surface area contributed by atoms with Gasteiger partial charge in [0.15, 0.2) is 11.5 Å². The van der Waals surface area contributed by atoms with Crippen LogP contribution < -0.4 is 4.74 Å². The van der Waals surface area contributed by atoms with E-state index in [0.717, 1.165) is 0 Å². The number of nitrogens with zero attached hydrogens (tertiary/aromatic N) is 1. The SMILES string of the molecule is COC(=O)C[C@@]1(CCN(C)C)OC(=O)c2c1ccc1ccc(OC)c(O)c21. The molecular formula is C20H23NO6. The minimum absolute atomic E-state index is 0.0910. The zero-order chi connectivity index (χ0) is 19.8. The van der Waals surface area contributed by atoms with E-state index >= 15 is 0 Å². The summed E-state index contributed by atoms with van der Waals surface area (Å²) < 4.78 is 15.8. The van der Waals surface area contributed by atoms with E-state index in [1.807, 2.05) is 19.0 Å². The third-order valence-corrected chi connectivity index (χ3v) is 4.95. The number of hydrogen-bond donors (Lipinski definition) is 1. The Bertz CT molecular complexity index is 907. The molecule has 0 amide bonds. The van der Waals surface area contributed by atoms with Crippen LogP contribution in [0.4, 0.5) is 0 Å². The van der Waals surface area contributed by atoms with Gasteiger partial charge >= 0.3 is 11.9 Å². The fourth-order valence-corrected chi connectivity index (χ4v) is 3.54. The number of ether oxygens (including phenoxy) is 3. The Balaban J connectivity index is 2.23. The summed E-state index contributed by atoms with van der Waals surface area (Å²) in [6.07, 6.45) is 0.330. The second-order valence-corrected chi connectivity index (χ2v) is 6.89. The van der Waals surface area contributed by atoms with Crippen LogP contribution in [-0.4, -0.2) is 56.8 Å². The summed E-state index contributed by atoms with van der Waals surface area (Å²) in [7, 11) is 6.55. The summed E-state index contributed by atoms with van der Waals surface area (Å²) in [6.45, 7) is 0.603. The number of rotatable bonds is 6. The van der Waals surface area contributed by atoms with Gasteiger partial charge in [0.2, 0.25) is 0 Å². The van der Waals surface area contributed by atoms with Crippen molar-refractivity contribution in [2.45, 2.75) is 18.4 Å². The van der Waals surface area contributed by atoms with Crippen LogP contribution in [0.3, 0.4) is 0 Å². The largest absolute Gasteiger partial charge is 0.504 e. The molecule has 7 heteroatoms. The average molecular weight is 373 g/mol. The number of methoxy groups -OCH3 is 2. The van der Waals surface area contributed by atoms with E-state index in [4.69, 9.17) is 14.2 Å². The molecule has 1 aliphatic rings. The average Bonchev–Trinajstić information content (AvgIpc) is 2.92. The van der Waals surface area contributed by atoms with Crippen LogP contribution in [0.5, 0.6) is 11.5 Å². The second kappa shape index (κ2) is 7.08. The van der Waals surface area contributed by atoms with Crippen molar-refractivity contribution < 1.29 is 28.9 Å². The first kappa shape index (κ1) is 19.0. The van der Waals surface area contributed by atoms with Crippen molar-refractivity contribution in [3.63, 3.8) is 0 Å². The Morgan fingerprint density at radius 2 is 1.93 bits per heavy atom. The number of hydrogen-bond acceptors (Lipinski definition) is 7. The van der Waals surface area contributed by atoms with Gasteiger partial charge in [0.1, 0.15) is 5.60 Å². The van der Waals surface area contributed by atoms with Gasteiger partial charge < -0.3 is 24.2 Å². The highest BCUT2D eigenvalue weighted by molar-refractivity contribution is 6.11. The molecule has 0 unspecified atom stereocenters. The number of aromatic hydroxyl groups is 1. The fraction of sp³-hybridized carbons (Fsp3) is 0.400. The summed E-state index contributed by atoms with van der Waals surface area (Å²) in [6, 6.07) is 6.99. The van der Waals surface area contributed by atoms with Crippen molar-refractivity contribution in [3.8, 4) is 11.5 Å². The normalized spacial score (nSPS) is 18.5. The molecule has 0 saturated carbocycles. The highest BCUT2D eigenvalue weighted by Crippen LogP contribution is 2.48. The van der Waals surface area contributed by atoms with Crippen LogP contribution in [0.25, 0.3) is 10.8 Å². The van der Waals surface area contributed by atoms with Gasteiger partial charge in [-0.15, -0.1) is 0 Å². The molecule has 0 saturated heterocycles. The monoisotopic (exact) mass is 373 g/mol. The molecule has 0 bridgehead atoms. The van der Waals surface area contributed by atoms with Gasteiger partial charge in [0.25, 0.3) is 0 Å². The molecular weight excluding hydrogens is 350 g/mol. The lowest BCUT2D eigenvalue weighted by Crippen LogP contribution is -2.34. The molecule has 1 heterocycles. The highest BCUT2D eigenvalue weighted by Gasteiger charge is 2.48. The first-order valence-electron chi connectivity index (χ1n) is 8.61. The van der Waals surface area contributed by atoms with Crippen LogP contribution in [0.15, 0.2) is 24.3 Å². The molecule has 0 aromatic heterocycles. The van der Waals surface area contributed by atoms with Gasteiger partial charge in [-0.25, -0.2) is 4.79 Å². The van der Waals surface area contributed by atoms with Crippen molar-refractivity contribution in [3.05, 3.63) is 35.4 Å². The Morgan fingerprint density at radius 3 is 2.56 bits per heavy atom. The second-order valence-electron chi connectivity index (χ2n) is 6.89. The van der Waals surface area contributed by atoms with Crippen LogP contribution in [-0.2, 0) is 19.9 Å². The molecule has 2 aromatic rings. The molecule has 2 aromatic carbocycles. The smallest absolute Gasteiger partial charge is 0.340 e. The molecule has 0 radical (unpaired) electrons. The van der Waals surface area contributed by atoms with Crippen LogP contribution >= 0.6 is 0 Å². The Kier molecular flexibility index (Phi) is 4.97. The van der Waals surface area contributed by atoms with E-state index in [1.165, 1.54) is 14.2 Å². The summed E-state index contributed by atoms with van der Waals surface area (Å²) >= 11 is 0. The number of phenols is 1. The summed E-state index contributed by atoms with van der Waals surface area (Å²) in [5.74, 6) is -0.890. The van der Waals surface area contributed by atoms with Crippen molar-refractivity contribution >= 4 is 22.7 Å². The summed E-state index contributed by atoms with van der Waals surface area (Å²) in [5.41, 5.74) is -0.282. The van der Waals surface area contributed by atoms with E-state index in [0.29, 0.717) is 29.3 Å². The number of benzene rings is 2. The van der Waals surface area contributed by atoms with Crippen molar-refractivity contribution in [2.24, 2.45) is 0 Å². The fourth-order valence-electron chi connectivity index (χ4n) is 3.54. The predicted molar refractivity (Wildman–Crippen MR) is 99.1 cm³/mol. The van der Waals surface area contributed by atoms with Gasteiger partial charge in [0, 0.05) is 23.9 Å². The topological polar surface area (TPSA) is 85.3 Å². The number of fused-ring (bicyclic) bond motifs is 3. The maximum atomic E-state index is 12.8. The first-order chi connectivity index (χ1) is 12.8. The van der Waals surface area contributed by atoms with Gasteiger partial charge in [-0.05, 0) is 25.5 Å². The van der Waals surface area contributed by atoms with Crippen LogP contribution in [0.1, 0.15) is 28.8 Å². The van der Waals surface area contributed by atoms with E-state index in [9.17, 15) is 14.7 Å². The van der Waals surface area contributed by atoms with Gasteiger partial charge in [-0.1, -0.05) is 18.2 Å². The number of cyclic esters (lactones) is 1. The van der Waals surface area contributed by atoms with Gasteiger partial charge in [-0.2, -0.15) is 0 Å². The molecule has 0 fully saturated rings. The number of carbonyl (C=O) groups is 2. The molecule has 1 N–H and O–H groups in total.